The molecule has 1 aromatic heterocycles. The van der Waals surface area contributed by atoms with Gasteiger partial charge in [0.05, 0.1) is 10.6 Å². The third-order valence-corrected chi connectivity index (χ3v) is 6.48. The number of sulfonamides is 1. The second-order valence-corrected chi connectivity index (χ2v) is 8.14. The normalized spacial score (nSPS) is 14.6. The summed E-state index contributed by atoms with van der Waals surface area (Å²) in [7, 11) is -2.11. The summed E-state index contributed by atoms with van der Waals surface area (Å²) in [5.74, 6) is -0.0765. The van der Waals surface area contributed by atoms with E-state index in [1.807, 2.05) is 18.2 Å². The molecular weight excluding hydrogens is 350 g/mol. The molecule has 2 aromatic carbocycles. The Hall–Kier alpha value is -2.93. The monoisotopic (exact) mass is 367 g/mol. The van der Waals surface area contributed by atoms with E-state index in [0.29, 0.717) is 28.2 Å². The molecule has 0 unspecified atom stereocenters. The molecule has 0 amide bonds. The molecular formula is C19H17N3O3S. The van der Waals surface area contributed by atoms with Crippen LogP contribution in [0.3, 0.4) is 0 Å². The van der Waals surface area contributed by atoms with Gasteiger partial charge in [0.1, 0.15) is 17.9 Å². The highest BCUT2D eigenvalue weighted by Crippen LogP contribution is 2.43. The fourth-order valence-corrected chi connectivity index (χ4v) is 4.70. The Kier molecular flexibility index (Phi) is 3.69. The van der Waals surface area contributed by atoms with Crippen molar-refractivity contribution in [2.24, 2.45) is 0 Å². The van der Waals surface area contributed by atoms with E-state index in [2.05, 4.69) is 5.10 Å². The number of Topliss-reactive ketones (excluding diaryl/α,β-unsaturated/α-hetero) is 1. The van der Waals surface area contributed by atoms with Gasteiger partial charge in [0.2, 0.25) is 0 Å². The van der Waals surface area contributed by atoms with Crippen LogP contribution < -0.4 is 4.31 Å². The molecule has 1 aliphatic rings. The number of rotatable bonds is 3. The summed E-state index contributed by atoms with van der Waals surface area (Å²) in [6.07, 6.45) is 0. The smallest absolute Gasteiger partial charge is 0.264 e. The van der Waals surface area contributed by atoms with Crippen molar-refractivity contribution in [3.05, 3.63) is 65.9 Å². The fraction of sp³-hybridized carbons (Fsp3) is 0.158. The molecule has 4 rings (SSSR count). The van der Waals surface area contributed by atoms with Crippen molar-refractivity contribution in [2.75, 3.05) is 11.4 Å². The lowest BCUT2D eigenvalue weighted by molar-refractivity contribution is 0.0967. The number of hydrogen-bond acceptors (Lipinski definition) is 4. The number of carbonyl (C=O) groups excluding carboxylic acids is 1. The number of aromatic nitrogens is 2. The minimum Gasteiger partial charge on any atom is -0.292 e. The van der Waals surface area contributed by atoms with E-state index >= 15 is 0 Å². The zero-order valence-corrected chi connectivity index (χ0v) is 15.2. The number of nitrogens with zero attached hydrogens (tertiary/aromatic N) is 3. The molecule has 132 valence electrons. The number of fused-ring (bicyclic) bond motifs is 3. The van der Waals surface area contributed by atoms with Gasteiger partial charge in [-0.1, -0.05) is 48.5 Å². The summed E-state index contributed by atoms with van der Waals surface area (Å²) in [5.41, 5.74) is 2.90. The molecule has 26 heavy (non-hydrogen) atoms. The van der Waals surface area contributed by atoms with Gasteiger partial charge in [0.15, 0.2) is 5.78 Å². The van der Waals surface area contributed by atoms with Crippen LogP contribution in [-0.4, -0.2) is 31.0 Å². The lowest BCUT2D eigenvalue weighted by Crippen LogP contribution is -2.30. The molecule has 0 aliphatic carbocycles. The Morgan fingerprint density at radius 1 is 1.04 bits per heavy atom. The largest absolute Gasteiger partial charge is 0.292 e. The third-order valence-electron chi connectivity index (χ3n) is 4.66. The standard InChI is InChI=1S/C19H17N3O3S/c1-13-19-18(15-10-6-7-11-17(15)26(24,25)21(19)2)20-22(13)12-16(23)14-8-4-3-5-9-14/h3-11H,12H2,1-2H3. The van der Waals surface area contributed by atoms with Gasteiger partial charge in [0, 0.05) is 18.2 Å². The van der Waals surface area contributed by atoms with Crippen LogP contribution in [-0.2, 0) is 16.6 Å². The highest BCUT2D eigenvalue weighted by Gasteiger charge is 2.36. The maximum atomic E-state index is 12.8. The molecule has 7 heteroatoms. The van der Waals surface area contributed by atoms with Gasteiger partial charge in [-0.05, 0) is 13.0 Å². The van der Waals surface area contributed by atoms with E-state index in [1.165, 1.54) is 11.4 Å². The summed E-state index contributed by atoms with van der Waals surface area (Å²) in [6, 6.07) is 15.8. The first-order valence-electron chi connectivity index (χ1n) is 8.15. The highest BCUT2D eigenvalue weighted by atomic mass is 32.2. The molecule has 0 bridgehead atoms. The molecule has 0 saturated carbocycles. The molecule has 0 spiro atoms. The topological polar surface area (TPSA) is 72.3 Å². The molecule has 0 N–H and O–H groups in total. The predicted octanol–water partition coefficient (Wildman–Crippen LogP) is 2.88. The van der Waals surface area contributed by atoms with Crippen LogP contribution in [0, 0.1) is 6.92 Å². The summed E-state index contributed by atoms with van der Waals surface area (Å²) in [4.78, 5) is 12.8. The number of benzene rings is 2. The van der Waals surface area contributed by atoms with Crippen LogP contribution in [0.5, 0.6) is 0 Å². The van der Waals surface area contributed by atoms with Crippen molar-refractivity contribution < 1.29 is 13.2 Å². The van der Waals surface area contributed by atoms with Gasteiger partial charge >= 0.3 is 0 Å². The summed E-state index contributed by atoms with van der Waals surface area (Å²) in [5, 5.41) is 4.56. The predicted molar refractivity (Wildman–Crippen MR) is 98.8 cm³/mol. The average Bonchev–Trinajstić information content (AvgIpc) is 2.97. The molecule has 3 aromatic rings. The summed E-state index contributed by atoms with van der Waals surface area (Å²) < 4.78 is 28.4. The van der Waals surface area contributed by atoms with Crippen molar-refractivity contribution in [1.29, 1.82) is 0 Å². The Morgan fingerprint density at radius 3 is 2.42 bits per heavy atom. The number of anilines is 1. The molecule has 0 saturated heterocycles. The highest BCUT2D eigenvalue weighted by molar-refractivity contribution is 7.93. The second kappa shape index (κ2) is 5.81. The average molecular weight is 367 g/mol. The van der Waals surface area contributed by atoms with Crippen LogP contribution in [0.15, 0.2) is 59.5 Å². The van der Waals surface area contributed by atoms with E-state index in [1.54, 1.807) is 48.0 Å². The lowest BCUT2D eigenvalue weighted by atomic mass is 10.1. The summed E-state index contributed by atoms with van der Waals surface area (Å²) >= 11 is 0. The van der Waals surface area contributed by atoms with E-state index < -0.39 is 10.0 Å². The number of carbonyl (C=O) groups is 1. The Labute approximate surface area is 151 Å². The Morgan fingerprint density at radius 2 is 1.69 bits per heavy atom. The number of ketones is 1. The van der Waals surface area contributed by atoms with E-state index in [0.717, 1.165) is 0 Å². The lowest BCUT2D eigenvalue weighted by Gasteiger charge is -2.26. The first kappa shape index (κ1) is 16.5. The van der Waals surface area contributed by atoms with Crippen molar-refractivity contribution in [1.82, 2.24) is 9.78 Å². The third kappa shape index (κ3) is 2.35. The minimum atomic E-state index is -3.63. The van der Waals surface area contributed by atoms with E-state index in [-0.39, 0.29) is 17.2 Å². The van der Waals surface area contributed by atoms with Gasteiger partial charge in [-0.15, -0.1) is 0 Å². The molecule has 0 fully saturated rings. The summed E-state index contributed by atoms with van der Waals surface area (Å²) in [6.45, 7) is 1.84. The van der Waals surface area contributed by atoms with Crippen molar-refractivity contribution in [3.8, 4) is 11.3 Å². The second-order valence-electron chi connectivity index (χ2n) is 6.20. The van der Waals surface area contributed by atoms with Crippen LogP contribution in [0.25, 0.3) is 11.3 Å². The molecule has 1 aliphatic heterocycles. The molecule has 0 atom stereocenters. The van der Waals surface area contributed by atoms with Gasteiger partial charge in [-0.25, -0.2) is 8.42 Å². The molecule has 2 heterocycles. The van der Waals surface area contributed by atoms with E-state index in [4.69, 9.17) is 0 Å². The van der Waals surface area contributed by atoms with Crippen molar-refractivity contribution >= 4 is 21.5 Å². The van der Waals surface area contributed by atoms with Gasteiger partial charge in [-0.2, -0.15) is 5.10 Å². The van der Waals surface area contributed by atoms with E-state index in [9.17, 15) is 13.2 Å². The van der Waals surface area contributed by atoms with Gasteiger partial charge in [-0.3, -0.25) is 13.8 Å². The zero-order chi connectivity index (χ0) is 18.5. The van der Waals surface area contributed by atoms with Crippen LogP contribution in [0.1, 0.15) is 16.1 Å². The maximum absolute atomic E-state index is 12.8. The van der Waals surface area contributed by atoms with Crippen LogP contribution in [0.4, 0.5) is 5.69 Å². The van der Waals surface area contributed by atoms with Gasteiger partial charge in [0.25, 0.3) is 10.0 Å². The maximum Gasteiger partial charge on any atom is 0.264 e. The molecule has 0 radical (unpaired) electrons. The van der Waals surface area contributed by atoms with Crippen molar-refractivity contribution in [2.45, 2.75) is 18.4 Å². The Bertz CT molecular complexity index is 1120. The van der Waals surface area contributed by atoms with Crippen LogP contribution >= 0.6 is 0 Å². The van der Waals surface area contributed by atoms with Gasteiger partial charge < -0.3 is 0 Å². The first-order valence-corrected chi connectivity index (χ1v) is 9.59. The number of hydrogen-bond donors (Lipinski definition) is 0. The van der Waals surface area contributed by atoms with Crippen molar-refractivity contribution in [3.63, 3.8) is 0 Å². The SMILES string of the molecule is Cc1c2c(nn1CC(=O)c1ccccc1)-c1ccccc1S(=O)(=O)N2C. The Balaban J connectivity index is 1.83. The zero-order valence-electron chi connectivity index (χ0n) is 14.4. The fourth-order valence-electron chi connectivity index (χ4n) is 3.26. The quantitative estimate of drug-likeness (QED) is 0.667. The molecule has 6 nitrogen and oxygen atoms in total. The first-order chi connectivity index (χ1) is 12.4. The minimum absolute atomic E-state index is 0.0545. The van der Waals surface area contributed by atoms with Crippen LogP contribution in [0.2, 0.25) is 0 Å².